The first-order valence-electron chi connectivity index (χ1n) is 11.8. The van der Waals surface area contributed by atoms with Gasteiger partial charge in [-0.3, -0.25) is 4.79 Å². The van der Waals surface area contributed by atoms with E-state index in [0.717, 1.165) is 22.3 Å². The quantitative estimate of drug-likeness (QED) is 0.353. The summed E-state index contributed by atoms with van der Waals surface area (Å²) >= 11 is 0. The number of hydrogen-bond acceptors (Lipinski definition) is 5. The second-order valence-electron chi connectivity index (χ2n) is 9.53. The van der Waals surface area contributed by atoms with Gasteiger partial charge in [-0.05, 0) is 49.1 Å². The Kier molecular flexibility index (Phi) is 8.97. The van der Waals surface area contributed by atoms with Crippen molar-refractivity contribution in [1.29, 1.82) is 0 Å². The van der Waals surface area contributed by atoms with Gasteiger partial charge in [0, 0.05) is 18.5 Å². The second-order valence-corrected chi connectivity index (χ2v) is 9.53. The van der Waals surface area contributed by atoms with E-state index in [1.807, 2.05) is 60.7 Å². The van der Waals surface area contributed by atoms with Gasteiger partial charge in [0.2, 0.25) is 0 Å². The van der Waals surface area contributed by atoms with Crippen LogP contribution in [0.4, 0.5) is 4.79 Å². The van der Waals surface area contributed by atoms with Crippen LogP contribution in [0.25, 0.3) is 11.1 Å². The minimum absolute atomic E-state index is 0.0446. The van der Waals surface area contributed by atoms with Crippen LogP contribution in [0.5, 0.6) is 0 Å². The van der Waals surface area contributed by atoms with Gasteiger partial charge in [0.1, 0.15) is 11.6 Å². The number of Topliss-reactive ketones (excluding diaryl/α,β-unsaturated/α-hetero) is 1. The number of aliphatic carboxylic acids is 1. The number of ether oxygens (including phenoxy) is 1. The fourth-order valence-corrected chi connectivity index (χ4v) is 3.63. The molecule has 0 aliphatic carbocycles. The number of benzene rings is 3. The highest BCUT2D eigenvalue weighted by molar-refractivity contribution is 5.97. The number of ketones is 1. The maximum Gasteiger partial charge on any atom is 0.408 e. The minimum atomic E-state index is -1.13. The summed E-state index contributed by atoms with van der Waals surface area (Å²) in [6, 6.07) is 23.7. The van der Waals surface area contributed by atoms with Crippen LogP contribution in [0, 0.1) is 0 Å². The summed E-state index contributed by atoms with van der Waals surface area (Å²) in [7, 11) is 0. The summed E-state index contributed by atoms with van der Waals surface area (Å²) in [5.41, 5.74) is 3.79. The molecular formula is C29H32N2O5. The molecule has 188 valence electrons. The molecule has 7 heteroatoms. The van der Waals surface area contributed by atoms with E-state index in [0.29, 0.717) is 12.1 Å². The smallest absolute Gasteiger partial charge is 0.408 e. The third-order valence-corrected chi connectivity index (χ3v) is 5.35. The lowest BCUT2D eigenvalue weighted by atomic mass is 9.99. The van der Waals surface area contributed by atoms with Crippen molar-refractivity contribution in [3.8, 4) is 11.1 Å². The number of carbonyl (C=O) groups excluding carboxylic acids is 2. The number of nitrogens with one attached hydrogen (secondary N) is 2. The first-order chi connectivity index (χ1) is 17.1. The predicted molar refractivity (Wildman–Crippen MR) is 139 cm³/mol. The molecule has 0 fully saturated rings. The standard InChI is InChI=1S/C29H32N2O5/c1-29(2,3)36-28(35)31-25(27(33)34)17-20-12-14-22(15-13-20)24-11-7-8-21(16-24)18-30-19-26(32)23-9-5-4-6-10-23/h4-16,25,30H,17-19H2,1-3H3,(H,31,35)(H,33,34)/t25-/m1/s1. The molecule has 36 heavy (non-hydrogen) atoms. The van der Waals surface area contributed by atoms with E-state index in [1.54, 1.807) is 32.9 Å². The zero-order valence-corrected chi connectivity index (χ0v) is 20.8. The normalized spacial score (nSPS) is 12.0. The lowest BCUT2D eigenvalue weighted by molar-refractivity contribution is -0.139. The Balaban J connectivity index is 1.58. The third kappa shape index (κ3) is 8.36. The van der Waals surface area contributed by atoms with Crippen LogP contribution in [-0.4, -0.2) is 41.1 Å². The molecule has 0 saturated heterocycles. The van der Waals surface area contributed by atoms with E-state index in [9.17, 15) is 19.5 Å². The van der Waals surface area contributed by atoms with E-state index in [1.165, 1.54) is 0 Å². The van der Waals surface area contributed by atoms with Crippen molar-refractivity contribution in [2.24, 2.45) is 0 Å². The van der Waals surface area contributed by atoms with Gasteiger partial charge in [-0.25, -0.2) is 9.59 Å². The average molecular weight is 489 g/mol. The molecule has 0 saturated carbocycles. The van der Waals surface area contributed by atoms with Crippen LogP contribution in [0.1, 0.15) is 42.3 Å². The predicted octanol–water partition coefficient (Wildman–Crippen LogP) is 4.85. The van der Waals surface area contributed by atoms with Gasteiger partial charge in [0.05, 0.1) is 6.54 Å². The number of carbonyl (C=O) groups is 3. The van der Waals surface area contributed by atoms with Crippen molar-refractivity contribution in [2.45, 2.75) is 45.4 Å². The maximum absolute atomic E-state index is 12.3. The van der Waals surface area contributed by atoms with Crippen LogP contribution < -0.4 is 10.6 Å². The summed E-state index contributed by atoms with van der Waals surface area (Å²) in [6.07, 6.45) is -0.628. The molecule has 3 aromatic carbocycles. The topological polar surface area (TPSA) is 105 Å². The molecular weight excluding hydrogens is 456 g/mol. The summed E-state index contributed by atoms with van der Waals surface area (Å²) in [6.45, 7) is 5.97. The molecule has 0 aliphatic heterocycles. The molecule has 0 spiro atoms. The summed E-state index contributed by atoms with van der Waals surface area (Å²) in [5, 5.41) is 15.1. The fourth-order valence-electron chi connectivity index (χ4n) is 3.63. The minimum Gasteiger partial charge on any atom is -0.480 e. The van der Waals surface area contributed by atoms with E-state index < -0.39 is 23.7 Å². The first kappa shape index (κ1) is 26.6. The van der Waals surface area contributed by atoms with Gasteiger partial charge >= 0.3 is 12.1 Å². The molecule has 7 nitrogen and oxygen atoms in total. The van der Waals surface area contributed by atoms with Gasteiger partial charge < -0.3 is 20.5 Å². The lowest BCUT2D eigenvalue weighted by Crippen LogP contribution is -2.44. The van der Waals surface area contributed by atoms with Crippen molar-refractivity contribution < 1.29 is 24.2 Å². The molecule has 1 atom stereocenters. The third-order valence-electron chi connectivity index (χ3n) is 5.35. The molecule has 0 bridgehead atoms. The largest absolute Gasteiger partial charge is 0.480 e. The van der Waals surface area contributed by atoms with E-state index >= 15 is 0 Å². The van der Waals surface area contributed by atoms with Gasteiger partial charge in [0.15, 0.2) is 5.78 Å². The summed E-state index contributed by atoms with van der Waals surface area (Å²) < 4.78 is 5.17. The highest BCUT2D eigenvalue weighted by Crippen LogP contribution is 2.22. The van der Waals surface area contributed by atoms with E-state index in [-0.39, 0.29) is 18.7 Å². The van der Waals surface area contributed by atoms with Crippen LogP contribution in [-0.2, 0) is 22.5 Å². The number of amides is 1. The zero-order chi connectivity index (χ0) is 26.1. The number of alkyl carbamates (subject to hydrolysis) is 1. The Morgan fingerprint density at radius 2 is 1.56 bits per heavy atom. The average Bonchev–Trinajstić information content (AvgIpc) is 2.83. The molecule has 3 N–H and O–H groups in total. The second kappa shape index (κ2) is 12.1. The molecule has 0 unspecified atom stereocenters. The highest BCUT2D eigenvalue weighted by atomic mass is 16.6. The van der Waals surface area contributed by atoms with Gasteiger partial charge in [0.25, 0.3) is 0 Å². The van der Waals surface area contributed by atoms with Crippen LogP contribution in [0.3, 0.4) is 0 Å². The number of carboxylic acid groups (broad SMARTS) is 1. The molecule has 0 aromatic heterocycles. The molecule has 0 radical (unpaired) electrons. The number of hydrogen-bond donors (Lipinski definition) is 3. The Morgan fingerprint density at radius 3 is 2.19 bits per heavy atom. The van der Waals surface area contributed by atoms with Crippen molar-refractivity contribution >= 4 is 17.8 Å². The highest BCUT2D eigenvalue weighted by Gasteiger charge is 2.24. The lowest BCUT2D eigenvalue weighted by Gasteiger charge is -2.22. The zero-order valence-electron chi connectivity index (χ0n) is 20.8. The number of carboxylic acids is 1. The maximum atomic E-state index is 12.3. The Bertz CT molecular complexity index is 1180. The Labute approximate surface area is 211 Å². The van der Waals surface area contributed by atoms with Gasteiger partial charge in [-0.15, -0.1) is 0 Å². The van der Waals surface area contributed by atoms with E-state index in [4.69, 9.17) is 4.74 Å². The Morgan fingerprint density at radius 1 is 0.861 bits per heavy atom. The monoisotopic (exact) mass is 488 g/mol. The van der Waals surface area contributed by atoms with Crippen molar-refractivity contribution in [2.75, 3.05) is 6.54 Å². The van der Waals surface area contributed by atoms with Crippen LogP contribution >= 0.6 is 0 Å². The Hall–Kier alpha value is -3.97. The summed E-state index contributed by atoms with van der Waals surface area (Å²) in [5.74, 6) is -1.08. The van der Waals surface area contributed by atoms with Crippen molar-refractivity contribution in [3.05, 3.63) is 95.6 Å². The molecule has 3 aromatic rings. The molecule has 3 rings (SSSR count). The van der Waals surface area contributed by atoms with Crippen LogP contribution in [0.2, 0.25) is 0 Å². The van der Waals surface area contributed by atoms with Crippen molar-refractivity contribution in [3.63, 3.8) is 0 Å². The fraction of sp³-hybridized carbons (Fsp3) is 0.276. The SMILES string of the molecule is CC(C)(C)OC(=O)N[C@H](Cc1ccc(-c2cccc(CNCC(=O)c3ccccc3)c2)cc1)C(=O)O. The molecule has 0 heterocycles. The van der Waals surface area contributed by atoms with Gasteiger partial charge in [-0.1, -0.05) is 72.8 Å². The molecule has 0 aliphatic rings. The van der Waals surface area contributed by atoms with E-state index in [2.05, 4.69) is 16.7 Å². The summed E-state index contributed by atoms with van der Waals surface area (Å²) in [4.78, 5) is 35.9. The molecule has 1 amide bonds. The number of rotatable bonds is 10. The van der Waals surface area contributed by atoms with Crippen molar-refractivity contribution in [1.82, 2.24) is 10.6 Å². The first-order valence-corrected chi connectivity index (χ1v) is 11.8. The van der Waals surface area contributed by atoms with Gasteiger partial charge in [-0.2, -0.15) is 0 Å². The van der Waals surface area contributed by atoms with Crippen LogP contribution in [0.15, 0.2) is 78.9 Å².